The lowest BCUT2D eigenvalue weighted by Crippen LogP contribution is -2.37. The maximum Gasteiger partial charge on any atom is 0.416 e. The zero-order valence-electron chi connectivity index (χ0n) is 14.3. The van der Waals surface area contributed by atoms with Gasteiger partial charge in [0.1, 0.15) is 0 Å². The Morgan fingerprint density at radius 3 is 2.48 bits per heavy atom. The molecule has 0 fully saturated rings. The third-order valence-electron chi connectivity index (χ3n) is 3.98. The van der Waals surface area contributed by atoms with Crippen molar-refractivity contribution in [1.29, 1.82) is 0 Å². The van der Waals surface area contributed by atoms with E-state index in [-0.39, 0.29) is 16.0 Å². The Kier molecular flexibility index (Phi) is 5.62. The van der Waals surface area contributed by atoms with Crippen molar-refractivity contribution < 1.29 is 27.6 Å². The van der Waals surface area contributed by atoms with Crippen LogP contribution in [0.2, 0.25) is 5.02 Å². The van der Waals surface area contributed by atoms with Crippen LogP contribution in [0, 0.1) is 15.3 Å². The number of hydrogen-bond donors (Lipinski definition) is 1. The van der Waals surface area contributed by atoms with Gasteiger partial charge >= 0.3 is 17.1 Å². The Bertz CT molecular complexity index is 1100. The third kappa shape index (κ3) is 4.40. The summed E-state index contributed by atoms with van der Waals surface area (Å²) in [5, 5.41) is 26.1. The third-order valence-corrected chi connectivity index (χ3v) is 5.40. The van der Waals surface area contributed by atoms with E-state index >= 15 is 0 Å². The van der Waals surface area contributed by atoms with Gasteiger partial charge in [0.05, 0.1) is 10.5 Å². The van der Waals surface area contributed by atoms with E-state index in [2.05, 4.69) is 5.32 Å². The predicted molar refractivity (Wildman–Crippen MR) is 99.9 cm³/mol. The monoisotopic (exact) mass is 445 g/mol. The molecule has 29 heavy (non-hydrogen) atoms. The van der Waals surface area contributed by atoms with E-state index in [9.17, 15) is 33.3 Å². The van der Waals surface area contributed by atoms with Crippen LogP contribution >= 0.6 is 22.9 Å². The van der Waals surface area contributed by atoms with E-state index in [4.69, 9.17) is 11.6 Å². The number of benzene rings is 2. The second kappa shape index (κ2) is 7.84. The van der Waals surface area contributed by atoms with Gasteiger partial charge < -0.3 is 10.5 Å². The van der Waals surface area contributed by atoms with E-state index in [0.717, 1.165) is 5.56 Å². The fourth-order valence-corrected chi connectivity index (χ4v) is 3.74. The average molecular weight is 446 g/mol. The lowest BCUT2D eigenvalue weighted by atomic mass is 10.1. The number of rotatable bonds is 5. The lowest BCUT2D eigenvalue weighted by molar-refractivity contribution is -0.574. The molecule has 0 bridgehead atoms. The van der Waals surface area contributed by atoms with Crippen LogP contribution in [0.5, 0.6) is 0 Å². The van der Waals surface area contributed by atoms with Gasteiger partial charge in [0, 0.05) is 23.7 Å². The number of carbonyl (C=O) groups excluding carboxylic acids is 1. The number of hydrogen-bond acceptors (Lipinski definition) is 5. The molecule has 0 saturated heterocycles. The number of nitro groups is 1. The first-order chi connectivity index (χ1) is 13.6. The highest BCUT2D eigenvalue weighted by Crippen LogP contribution is 2.37. The summed E-state index contributed by atoms with van der Waals surface area (Å²) in [5.41, 5.74) is -1.94. The predicted octanol–water partition coefficient (Wildman–Crippen LogP) is 4.09. The molecule has 1 N–H and O–H groups in total. The molecule has 1 aromatic heterocycles. The number of aromatic nitrogens is 1. The molecule has 0 saturated carbocycles. The molecule has 12 heteroatoms. The number of halogens is 4. The van der Waals surface area contributed by atoms with Gasteiger partial charge in [-0.25, -0.2) is 0 Å². The number of nitrogens with one attached hydrogen (secondary N) is 1. The van der Waals surface area contributed by atoms with Gasteiger partial charge in [-0.3, -0.25) is 14.9 Å². The maximum atomic E-state index is 13.0. The summed E-state index contributed by atoms with van der Waals surface area (Å²) in [7, 11) is 0. The van der Waals surface area contributed by atoms with E-state index < -0.39 is 38.8 Å². The molecule has 0 aliphatic carbocycles. The van der Waals surface area contributed by atoms with E-state index in [1.807, 2.05) is 0 Å². The highest BCUT2D eigenvalue weighted by molar-refractivity contribution is 7.20. The lowest BCUT2D eigenvalue weighted by Gasteiger charge is -2.06. The van der Waals surface area contributed by atoms with Crippen LogP contribution in [0.3, 0.4) is 0 Å². The Labute approximate surface area is 170 Å². The fourth-order valence-electron chi connectivity index (χ4n) is 2.59. The topological polar surface area (TPSA) is 99.2 Å². The molecule has 1 amide bonds. The SMILES string of the molecule is O=C(NCCc1ccc(Cl)cc1)c1sc2c([N+](=O)[O-])cc(C(F)(F)F)cc2[n+]1[O-]. The van der Waals surface area contributed by atoms with Gasteiger partial charge in [0.15, 0.2) is 4.70 Å². The summed E-state index contributed by atoms with van der Waals surface area (Å²) < 4.78 is 38.7. The maximum absolute atomic E-state index is 13.0. The Balaban J connectivity index is 1.88. The van der Waals surface area contributed by atoms with Crippen LogP contribution in [0.1, 0.15) is 20.9 Å². The Hall–Kier alpha value is -2.92. The van der Waals surface area contributed by atoms with Crippen molar-refractivity contribution in [2.45, 2.75) is 12.6 Å². The molecule has 1 heterocycles. The van der Waals surface area contributed by atoms with Crippen LogP contribution in [0.25, 0.3) is 10.2 Å². The van der Waals surface area contributed by atoms with Crippen molar-refractivity contribution >= 4 is 44.7 Å². The summed E-state index contributed by atoms with van der Waals surface area (Å²) in [6, 6.07) is 7.70. The molecule has 3 aromatic rings. The van der Waals surface area contributed by atoms with E-state index in [0.29, 0.717) is 34.9 Å². The number of nitro benzene ring substituents is 1. The molecular weight excluding hydrogens is 435 g/mol. The first-order valence-electron chi connectivity index (χ1n) is 8.02. The van der Waals surface area contributed by atoms with Crippen molar-refractivity contribution in [1.82, 2.24) is 5.32 Å². The Morgan fingerprint density at radius 1 is 1.24 bits per heavy atom. The molecule has 2 aromatic carbocycles. The van der Waals surface area contributed by atoms with Gasteiger partial charge in [-0.2, -0.15) is 13.2 Å². The van der Waals surface area contributed by atoms with Crippen LogP contribution < -0.4 is 10.0 Å². The molecule has 0 aliphatic rings. The number of carbonyl (C=O) groups is 1. The van der Waals surface area contributed by atoms with Crippen LogP contribution in [-0.2, 0) is 12.6 Å². The second-order valence-electron chi connectivity index (χ2n) is 5.93. The molecule has 0 atom stereocenters. The highest BCUT2D eigenvalue weighted by atomic mass is 35.5. The van der Waals surface area contributed by atoms with Crippen LogP contribution in [0.4, 0.5) is 18.9 Å². The molecule has 0 spiro atoms. The molecule has 3 rings (SSSR count). The van der Waals surface area contributed by atoms with Gasteiger partial charge in [0.25, 0.3) is 5.69 Å². The minimum absolute atomic E-state index is 0.0140. The molecule has 152 valence electrons. The van der Waals surface area contributed by atoms with E-state index in [1.165, 1.54) is 0 Å². The van der Waals surface area contributed by atoms with Crippen LogP contribution in [0.15, 0.2) is 36.4 Å². The molecule has 0 unspecified atom stereocenters. The largest absolute Gasteiger partial charge is 0.617 e. The number of thiazole rings is 1. The second-order valence-corrected chi connectivity index (χ2v) is 7.37. The number of nitrogens with zero attached hydrogens (tertiary/aromatic N) is 2. The van der Waals surface area contributed by atoms with Crippen molar-refractivity contribution in [2.75, 3.05) is 6.54 Å². The average Bonchev–Trinajstić information content (AvgIpc) is 2.98. The highest BCUT2D eigenvalue weighted by Gasteiger charge is 2.37. The van der Waals surface area contributed by atoms with Gasteiger partial charge in [-0.15, -0.1) is 4.73 Å². The van der Waals surface area contributed by atoms with Gasteiger partial charge in [-0.1, -0.05) is 23.7 Å². The molecular formula is C17H11ClF3N3O4S. The molecule has 7 nitrogen and oxygen atoms in total. The standard InChI is InChI=1S/C17H11ClF3N3O4S/c18-11-3-1-9(2-4-11)5-6-22-15(25)16-23(26)12-7-10(17(19,20)21)8-13(24(27)28)14(12)29-16/h1-4,7-8H,5-6H2,(H,22,25). The van der Waals surface area contributed by atoms with Gasteiger partial charge in [-0.05, 0) is 35.5 Å². The number of fused-ring (bicyclic) bond motifs is 1. The minimum atomic E-state index is -4.88. The fraction of sp³-hybridized carbons (Fsp3) is 0.176. The first kappa shape index (κ1) is 20.8. The summed E-state index contributed by atoms with van der Waals surface area (Å²) >= 11 is 6.25. The van der Waals surface area contributed by atoms with E-state index in [1.54, 1.807) is 24.3 Å². The summed E-state index contributed by atoms with van der Waals surface area (Å²) in [4.78, 5) is 22.5. The Morgan fingerprint density at radius 2 is 1.90 bits per heavy atom. The smallest absolute Gasteiger partial charge is 0.416 e. The minimum Gasteiger partial charge on any atom is -0.617 e. The summed E-state index contributed by atoms with van der Waals surface area (Å²) in [6.45, 7) is 0.143. The molecule has 0 radical (unpaired) electrons. The quantitative estimate of drug-likeness (QED) is 0.277. The number of non-ortho nitro benzene ring substituents is 1. The van der Waals surface area contributed by atoms with Crippen molar-refractivity contribution in [3.63, 3.8) is 0 Å². The zero-order chi connectivity index (χ0) is 21.3. The first-order valence-corrected chi connectivity index (χ1v) is 9.21. The number of alkyl halides is 3. The summed E-state index contributed by atoms with van der Waals surface area (Å²) in [5.74, 6) is -0.835. The summed E-state index contributed by atoms with van der Waals surface area (Å²) in [6.07, 6.45) is -4.46. The van der Waals surface area contributed by atoms with Crippen molar-refractivity contribution in [2.24, 2.45) is 0 Å². The van der Waals surface area contributed by atoms with Gasteiger partial charge in [0.2, 0.25) is 5.52 Å². The van der Waals surface area contributed by atoms with Crippen molar-refractivity contribution in [3.8, 4) is 0 Å². The van der Waals surface area contributed by atoms with Crippen molar-refractivity contribution in [3.05, 3.63) is 72.9 Å². The van der Waals surface area contributed by atoms with Crippen LogP contribution in [-0.4, -0.2) is 17.4 Å². The zero-order valence-corrected chi connectivity index (χ0v) is 15.9. The molecule has 0 aliphatic heterocycles. The normalized spacial score (nSPS) is 11.6. The number of amides is 1.